The van der Waals surface area contributed by atoms with Crippen molar-refractivity contribution >= 4 is 34.9 Å². The van der Waals surface area contributed by atoms with Crippen molar-refractivity contribution in [3.8, 4) is 11.5 Å². The fraction of sp³-hybridized carbons (Fsp3) is 0.0625. The van der Waals surface area contributed by atoms with Gasteiger partial charge in [-0.1, -0.05) is 23.2 Å². The molecular weight excluding hydrogens is 337 g/mol. The van der Waals surface area contributed by atoms with Crippen LogP contribution in [0.4, 0.5) is 5.82 Å². The largest absolute Gasteiger partial charge is 0.444 e. The number of pyridine rings is 1. The molecule has 0 aliphatic rings. The lowest BCUT2D eigenvalue weighted by Gasteiger charge is -2.02. The van der Waals surface area contributed by atoms with E-state index in [1.165, 1.54) is 6.26 Å². The van der Waals surface area contributed by atoms with E-state index < -0.39 is 5.91 Å². The van der Waals surface area contributed by atoms with Gasteiger partial charge in [-0.15, -0.1) is 0 Å². The number of carbonyl (C=O) groups excluding carboxylic acids is 1. The summed E-state index contributed by atoms with van der Waals surface area (Å²) in [7, 11) is 0. The highest BCUT2D eigenvalue weighted by molar-refractivity contribution is 6.42. The van der Waals surface area contributed by atoms with E-state index in [9.17, 15) is 4.79 Å². The molecule has 1 N–H and O–H groups in total. The number of amides is 1. The van der Waals surface area contributed by atoms with E-state index in [1.807, 2.05) is 13.0 Å². The highest BCUT2D eigenvalue weighted by Gasteiger charge is 2.15. The predicted octanol–water partition coefficient (Wildman–Crippen LogP) is 4.60. The Hall–Kier alpha value is -2.37. The van der Waals surface area contributed by atoms with Gasteiger partial charge in [0.25, 0.3) is 5.91 Å². The maximum Gasteiger partial charge on any atom is 0.278 e. The van der Waals surface area contributed by atoms with Gasteiger partial charge in [0.15, 0.2) is 5.69 Å². The van der Waals surface area contributed by atoms with Crippen LogP contribution in [0.5, 0.6) is 0 Å². The quantitative estimate of drug-likeness (QED) is 0.751. The van der Waals surface area contributed by atoms with Crippen LogP contribution in [-0.2, 0) is 0 Å². The fourth-order valence-corrected chi connectivity index (χ4v) is 2.22. The van der Waals surface area contributed by atoms with Gasteiger partial charge >= 0.3 is 0 Å². The summed E-state index contributed by atoms with van der Waals surface area (Å²) < 4.78 is 5.33. The van der Waals surface area contributed by atoms with E-state index in [0.717, 1.165) is 5.56 Å². The summed E-state index contributed by atoms with van der Waals surface area (Å²) in [4.78, 5) is 20.4. The number of oxazole rings is 1. The summed E-state index contributed by atoms with van der Waals surface area (Å²) in [5, 5.41) is 3.49. The van der Waals surface area contributed by atoms with Crippen LogP contribution in [0.2, 0.25) is 10.0 Å². The van der Waals surface area contributed by atoms with Crippen LogP contribution < -0.4 is 5.32 Å². The first kappa shape index (κ1) is 15.5. The summed E-state index contributed by atoms with van der Waals surface area (Å²) in [6.07, 6.45) is 2.90. The summed E-state index contributed by atoms with van der Waals surface area (Å²) in [6.45, 7) is 1.91. The van der Waals surface area contributed by atoms with Gasteiger partial charge in [0.1, 0.15) is 12.1 Å². The molecule has 3 rings (SSSR count). The standard InChI is InChI=1S/C16H11Cl2N3O2/c1-9-4-5-19-14(6-9)21-15(22)13-8-23-16(20-13)10-2-3-11(17)12(18)7-10/h2-8H,1H3,(H,19,21,22). The molecule has 0 radical (unpaired) electrons. The number of nitrogens with one attached hydrogen (secondary N) is 1. The molecule has 0 saturated carbocycles. The third-order valence-corrected chi connectivity index (χ3v) is 3.80. The highest BCUT2D eigenvalue weighted by atomic mass is 35.5. The van der Waals surface area contributed by atoms with Gasteiger partial charge in [-0.05, 0) is 42.8 Å². The van der Waals surface area contributed by atoms with Crippen LogP contribution in [0.1, 0.15) is 16.1 Å². The lowest BCUT2D eigenvalue weighted by Crippen LogP contribution is -2.13. The Bertz CT molecular complexity index is 877. The monoisotopic (exact) mass is 347 g/mol. The summed E-state index contributed by atoms with van der Waals surface area (Å²) >= 11 is 11.8. The molecule has 0 aliphatic heterocycles. The molecule has 0 unspecified atom stereocenters. The molecule has 1 aromatic carbocycles. The number of benzene rings is 1. The fourth-order valence-electron chi connectivity index (χ4n) is 1.92. The molecule has 0 atom stereocenters. The molecule has 7 heteroatoms. The van der Waals surface area contributed by atoms with E-state index in [2.05, 4.69) is 15.3 Å². The Morgan fingerprint density at radius 3 is 2.74 bits per heavy atom. The Morgan fingerprint density at radius 1 is 1.17 bits per heavy atom. The molecule has 2 aromatic heterocycles. The summed E-state index contributed by atoms with van der Waals surface area (Å²) in [5.74, 6) is 0.332. The van der Waals surface area contributed by atoms with Crippen molar-refractivity contribution < 1.29 is 9.21 Å². The lowest BCUT2D eigenvalue weighted by atomic mass is 10.2. The molecular formula is C16H11Cl2N3O2. The Kier molecular flexibility index (Phi) is 4.32. The average molecular weight is 348 g/mol. The number of rotatable bonds is 3. The van der Waals surface area contributed by atoms with Crippen molar-refractivity contribution in [3.63, 3.8) is 0 Å². The number of aromatic nitrogens is 2. The molecule has 23 heavy (non-hydrogen) atoms. The second-order valence-electron chi connectivity index (χ2n) is 4.84. The van der Waals surface area contributed by atoms with Crippen molar-refractivity contribution in [2.45, 2.75) is 6.92 Å². The number of halogens is 2. The third-order valence-electron chi connectivity index (χ3n) is 3.06. The topological polar surface area (TPSA) is 68.0 Å². The van der Waals surface area contributed by atoms with Crippen molar-refractivity contribution in [2.75, 3.05) is 5.32 Å². The number of aryl methyl sites for hydroxylation is 1. The van der Waals surface area contributed by atoms with Crippen molar-refractivity contribution in [2.24, 2.45) is 0 Å². The zero-order valence-electron chi connectivity index (χ0n) is 12.0. The van der Waals surface area contributed by atoms with Gasteiger partial charge < -0.3 is 9.73 Å². The van der Waals surface area contributed by atoms with Gasteiger partial charge in [-0.3, -0.25) is 4.79 Å². The first-order valence-corrected chi connectivity index (χ1v) is 7.43. The van der Waals surface area contributed by atoms with Crippen LogP contribution in [0.3, 0.4) is 0 Å². The molecule has 5 nitrogen and oxygen atoms in total. The van der Waals surface area contributed by atoms with Gasteiger partial charge in [0.05, 0.1) is 10.0 Å². The smallest absolute Gasteiger partial charge is 0.278 e. The number of anilines is 1. The normalized spacial score (nSPS) is 10.6. The first-order chi connectivity index (χ1) is 11.0. The van der Waals surface area contributed by atoms with Crippen LogP contribution in [0.15, 0.2) is 47.2 Å². The minimum Gasteiger partial charge on any atom is -0.444 e. The minimum absolute atomic E-state index is 0.148. The van der Waals surface area contributed by atoms with E-state index in [1.54, 1.807) is 30.5 Å². The van der Waals surface area contributed by atoms with E-state index >= 15 is 0 Å². The molecule has 0 aliphatic carbocycles. The lowest BCUT2D eigenvalue weighted by molar-refractivity contribution is 0.102. The number of hydrogen-bond acceptors (Lipinski definition) is 4. The number of hydrogen-bond donors (Lipinski definition) is 1. The predicted molar refractivity (Wildman–Crippen MR) is 88.9 cm³/mol. The maximum absolute atomic E-state index is 12.2. The molecule has 0 fully saturated rings. The molecule has 3 aromatic rings. The summed E-state index contributed by atoms with van der Waals surface area (Å²) in [5.41, 5.74) is 1.77. The second kappa shape index (κ2) is 6.40. The Morgan fingerprint density at radius 2 is 2.00 bits per heavy atom. The van der Waals surface area contributed by atoms with Crippen molar-refractivity contribution in [1.29, 1.82) is 0 Å². The Labute approximate surface area is 142 Å². The SMILES string of the molecule is Cc1ccnc(NC(=O)c2coc(-c3ccc(Cl)c(Cl)c3)n2)c1. The molecule has 1 amide bonds. The van der Waals surface area contributed by atoms with Crippen molar-refractivity contribution in [1.82, 2.24) is 9.97 Å². The van der Waals surface area contributed by atoms with Gasteiger partial charge in [-0.2, -0.15) is 0 Å². The van der Waals surface area contributed by atoms with Crippen LogP contribution in [0.25, 0.3) is 11.5 Å². The summed E-state index contributed by atoms with van der Waals surface area (Å²) in [6, 6.07) is 8.58. The first-order valence-electron chi connectivity index (χ1n) is 6.68. The number of nitrogens with zero attached hydrogens (tertiary/aromatic N) is 2. The zero-order chi connectivity index (χ0) is 16.4. The molecule has 116 valence electrons. The van der Waals surface area contributed by atoms with Crippen LogP contribution in [-0.4, -0.2) is 15.9 Å². The van der Waals surface area contributed by atoms with Gasteiger partial charge in [0, 0.05) is 11.8 Å². The van der Waals surface area contributed by atoms with Crippen LogP contribution >= 0.6 is 23.2 Å². The highest BCUT2D eigenvalue weighted by Crippen LogP contribution is 2.28. The molecule has 0 saturated heterocycles. The van der Waals surface area contributed by atoms with Crippen LogP contribution in [0, 0.1) is 6.92 Å². The molecule has 0 bridgehead atoms. The Balaban J connectivity index is 1.81. The zero-order valence-corrected chi connectivity index (χ0v) is 13.5. The van der Waals surface area contributed by atoms with E-state index in [-0.39, 0.29) is 11.6 Å². The molecule has 0 spiro atoms. The van der Waals surface area contributed by atoms with E-state index in [0.29, 0.717) is 21.4 Å². The maximum atomic E-state index is 12.2. The second-order valence-corrected chi connectivity index (χ2v) is 5.65. The van der Waals surface area contributed by atoms with Gasteiger partial charge in [-0.25, -0.2) is 9.97 Å². The minimum atomic E-state index is -0.404. The average Bonchev–Trinajstić information content (AvgIpc) is 3.00. The van der Waals surface area contributed by atoms with Crippen molar-refractivity contribution in [3.05, 3.63) is 64.1 Å². The molecule has 2 heterocycles. The van der Waals surface area contributed by atoms with E-state index in [4.69, 9.17) is 27.6 Å². The van der Waals surface area contributed by atoms with Gasteiger partial charge in [0.2, 0.25) is 5.89 Å². The third kappa shape index (κ3) is 3.52. The number of carbonyl (C=O) groups is 1.